The molecule has 0 heterocycles. The van der Waals surface area contributed by atoms with Crippen LogP contribution in [-0.4, -0.2) is 0 Å². The summed E-state index contributed by atoms with van der Waals surface area (Å²) in [5.41, 5.74) is 2.37. The highest BCUT2D eigenvalue weighted by atomic mass is 19.1. The molecule has 0 bridgehead atoms. The number of benzene rings is 2. The summed E-state index contributed by atoms with van der Waals surface area (Å²) in [6.07, 6.45) is 15.3. The highest BCUT2D eigenvalue weighted by molar-refractivity contribution is 5.20. The summed E-state index contributed by atoms with van der Waals surface area (Å²) in [6.45, 7) is 11.9. The minimum absolute atomic E-state index is 0.184. The van der Waals surface area contributed by atoms with Crippen LogP contribution < -0.4 is 0 Å². The lowest BCUT2D eigenvalue weighted by Gasteiger charge is -2.25. The lowest BCUT2D eigenvalue weighted by molar-refractivity contribution is 0.311. The van der Waals surface area contributed by atoms with Crippen molar-refractivity contribution in [2.24, 2.45) is 29.6 Å². The zero-order chi connectivity index (χ0) is 26.3. The van der Waals surface area contributed by atoms with E-state index in [1.54, 1.807) is 24.3 Å². The summed E-state index contributed by atoms with van der Waals surface area (Å²) < 4.78 is 26.8. The highest BCUT2D eigenvalue weighted by Gasteiger charge is 2.19. The standard InChI is InChI=1S/C34H52F2/c1-26(2)10-8-13-27(3)11-6-7-12-28(4)14-9-15-29(5)32(24-30-16-20-33(35)21-17-30)25-31-18-22-34(36)23-19-31/h16-23,26-29,32H,6-15,24-25H2,1-5H3. The number of rotatable bonds is 18. The molecule has 2 aromatic rings. The van der Waals surface area contributed by atoms with Gasteiger partial charge in [0.25, 0.3) is 0 Å². The van der Waals surface area contributed by atoms with Gasteiger partial charge >= 0.3 is 0 Å². The van der Waals surface area contributed by atoms with Crippen LogP contribution in [0, 0.1) is 41.2 Å². The number of hydrogen-bond acceptors (Lipinski definition) is 0. The molecule has 2 aromatic carbocycles. The molecule has 0 N–H and O–H groups in total. The van der Waals surface area contributed by atoms with E-state index < -0.39 is 0 Å². The van der Waals surface area contributed by atoms with E-state index in [2.05, 4.69) is 34.6 Å². The fraction of sp³-hybridized carbons (Fsp3) is 0.647. The number of hydrogen-bond donors (Lipinski definition) is 0. The lowest BCUT2D eigenvalue weighted by Crippen LogP contribution is -2.18. The zero-order valence-electron chi connectivity index (χ0n) is 23.7. The third-order valence-corrected chi connectivity index (χ3v) is 8.11. The predicted molar refractivity (Wildman–Crippen MR) is 152 cm³/mol. The Morgan fingerprint density at radius 1 is 0.500 bits per heavy atom. The van der Waals surface area contributed by atoms with Crippen LogP contribution in [0.4, 0.5) is 8.78 Å². The first-order chi connectivity index (χ1) is 17.2. The van der Waals surface area contributed by atoms with Crippen LogP contribution in [0.2, 0.25) is 0 Å². The van der Waals surface area contributed by atoms with Gasteiger partial charge in [-0.1, -0.05) is 123 Å². The Kier molecular flexibility index (Phi) is 14.4. The maximum Gasteiger partial charge on any atom is 0.123 e. The monoisotopic (exact) mass is 498 g/mol. The third-order valence-electron chi connectivity index (χ3n) is 8.11. The van der Waals surface area contributed by atoms with Crippen molar-refractivity contribution in [3.05, 3.63) is 71.3 Å². The van der Waals surface area contributed by atoms with Crippen LogP contribution in [0.5, 0.6) is 0 Å². The van der Waals surface area contributed by atoms with Crippen molar-refractivity contribution in [1.29, 1.82) is 0 Å². The first-order valence-corrected chi connectivity index (χ1v) is 14.7. The van der Waals surface area contributed by atoms with Crippen LogP contribution in [-0.2, 0) is 12.8 Å². The maximum absolute atomic E-state index is 13.4. The van der Waals surface area contributed by atoms with Gasteiger partial charge in [0.05, 0.1) is 0 Å². The molecule has 0 saturated carbocycles. The number of halogens is 2. The molecule has 36 heavy (non-hydrogen) atoms. The second-order valence-electron chi connectivity index (χ2n) is 12.1. The Hall–Kier alpha value is -1.70. The van der Waals surface area contributed by atoms with Gasteiger partial charge in [0, 0.05) is 0 Å². The molecule has 0 aliphatic rings. The Morgan fingerprint density at radius 2 is 0.889 bits per heavy atom. The Labute approximate surface area is 221 Å². The van der Waals surface area contributed by atoms with Gasteiger partial charge in [-0.25, -0.2) is 8.78 Å². The normalized spacial score (nSPS) is 14.4. The second kappa shape index (κ2) is 16.9. The van der Waals surface area contributed by atoms with Crippen LogP contribution >= 0.6 is 0 Å². The quantitative estimate of drug-likeness (QED) is 0.179. The fourth-order valence-corrected chi connectivity index (χ4v) is 5.49. The average molecular weight is 499 g/mol. The summed E-state index contributed by atoms with van der Waals surface area (Å²) in [5.74, 6) is 3.17. The van der Waals surface area contributed by atoms with E-state index in [1.165, 1.54) is 75.3 Å². The van der Waals surface area contributed by atoms with Gasteiger partial charge in [0.2, 0.25) is 0 Å². The van der Waals surface area contributed by atoms with E-state index in [0.717, 1.165) is 30.6 Å². The number of unbranched alkanes of at least 4 members (excludes halogenated alkanes) is 1. The topological polar surface area (TPSA) is 0 Å². The van der Waals surface area contributed by atoms with Crippen LogP contribution in [0.25, 0.3) is 0 Å². The smallest absolute Gasteiger partial charge is 0.123 e. The van der Waals surface area contributed by atoms with Gasteiger partial charge in [-0.15, -0.1) is 0 Å². The summed E-state index contributed by atoms with van der Waals surface area (Å²) in [7, 11) is 0. The minimum Gasteiger partial charge on any atom is -0.207 e. The first kappa shape index (κ1) is 30.5. The zero-order valence-corrected chi connectivity index (χ0v) is 23.7. The molecule has 0 saturated heterocycles. The van der Waals surface area contributed by atoms with E-state index >= 15 is 0 Å². The van der Waals surface area contributed by atoms with Gasteiger partial charge in [-0.3, -0.25) is 0 Å². The molecule has 0 nitrogen and oxygen atoms in total. The average Bonchev–Trinajstić information content (AvgIpc) is 2.84. The van der Waals surface area contributed by atoms with E-state index in [1.807, 2.05) is 24.3 Å². The van der Waals surface area contributed by atoms with Gasteiger partial charge in [-0.2, -0.15) is 0 Å². The van der Waals surface area contributed by atoms with Gasteiger partial charge in [0.1, 0.15) is 11.6 Å². The van der Waals surface area contributed by atoms with Crippen molar-refractivity contribution >= 4 is 0 Å². The van der Waals surface area contributed by atoms with Crippen LogP contribution in [0.1, 0.15) is 110 Å². The molecule has 0 aliphatic carbocycles. The molecule has 0 aromatic heterocycles. The summed E-state index contributed by atoms with van der Waals surface area (Å²) in [4.78, 5) is 0. The Balaban J connectivity index is 1.74. The maximum atomic E-state index is 13.4. The fourth-order valence-electron chi connectivity index (χ4n) is 5.49. The summed E-state index contributed by atoms with van der Waals surface area (Å²) in [5, 5.41) is 0. The van der Waals surface area contributed by atoms with E-state index in [0.29, 0.717) is 11.8 Å². The molecular formula is C34H52F2. The molecule has 2 rings (SSSR count). The molecular weight excluding hydrogens is 446 g/mol. The van der Waals surface area contributed by atoms with Gasteiger partial charge in [-0.05, 0) is 77.8 Å². The van der Waals surface area contributed by atoms with Crippen molar-refractivity contribution in [3.8, 4) is 0 Å². The molecule has 0 fully saturated rings. The Bertz CT molecular complexity index is 761. The van der Waals surface area contributed by atoms with E-state index in [9.17, 15) is 8.78 Å². The molecule has 0 amide bonds. The van der Waals surface area contributed by atoms with Crippen molar-refractivity contribution < 1.29 is 8.78 Å². The lowest BCUT2D eigenvalue weighted by atomic mass is 9.80. The molecule has 0 spiro atoms. The summed E-state index contributed by atoms with van der Waals surface area (Å²) >= 11 is 0. The SMILES string of the molecule is CC(C)CCCC(C)CCCCC(C)CCCC(C)C(Cc1ccc(F)cc1)Cc1ccc(F)cc1. The highest BCUT2D eigenvalue weighted by Crippen LogP contribution is 2.28. The van der Waals surface area contributed by atoms with Gasteiger partial charge < -0.3 is 0 Å². The largest absolute Gasteiger partial charge is 0.207 e. The molecule has 0 aliphatic heterocycles. The molecule has 2 heteroatoms. The summed E-state index contributed by atoms with van der Waals surface area (Å²) in [6, 6.07) is 13.9. The van der Waals surface area contributed by atoms with Crippen molar-refractivity contribution in [3.63, 3.8) is 0 Å². The third kappa shape index (κ3) is 13.0. The molecule has 3 unspecified atom stereocenters. The van der Waals surface area contributed by atoms with Crippen LogP contribution in [0.3, 0.4) is 0 Å². The Morgan fingerprint density at radius 3 is 1.31 bits per heavy atom. The van der Waals surface area contributed by atoms with Crippen molar-refractivity contribution in [2.45, 2.75) is 112 Å². The van der Waals surface area contributed by atoms with E-state index in [4.69, 9.17) is 0 Å². The second-order valence-corrected chi connectivity index (χ2v) is 12.1. The van der Waals surface area contributed by atoms with E-state index in [-0.39, 0.29) is 11.6 Å². The van der Waals surface area contributed by atoms with Crippen molar-refractivity contribution in [1.82, 2.24) is 0 Å². The minimum atomic E-state index is -0.184. The van der Waals surface area contributed by atoms with Gasteiger partial charge in [0.15, 0.2) is 0 Å². The predicted octanol–water partition coefficient (Wildman–Crippen LogP) is 10.8. The molecule has 3 atom stereocenters. The van der Waals surface area contributed by atoms with Crippen molar-refractivity contribution in [2.75, 3.05) is 0 Å². The first-order valence-electron chi connectivity index (χ1n) is 14.7. The van der Waals surface area contributed by atoms with Crippen LogP contribution in [0.15, 0.2) is 48.5 Å². The molecule has 202 valence electrons. The molecule has 0 radical (unpaired) electrons.